The maximum absolute atomic E-state index is 12.1. The second kappa shape index (κ2) is 5.81. The quantitative estimate of drug-likeness (QED) is 0.851. The molecule has 0 radical (unpaired) electrons. The summed E-state index contributed by atoms with van der Waals surface area (Å²) >= 11 is 0. The third-order valence-electron chi connectivity index (χ3n) is 3.66. The van der Waals surface area contributed by atoms with Gasteiger partial charge in [0.15, 0.2) is 0 Å². The molecule has 0 spiro atoms. The molecule has 1 aromatic heterocycles. The molecule has 0 aromatic carbocycles. The molecule has 1 aromatic rings. The molecule has 2 unspecified atom stereocenters. The van der Waals surface area contributed by atoms with Gasteiger partial charge in [0, 0.05) is 6.54 Å². The number of nitrogens with zero attached hydrogens (tertiary/aromatic N) is 4. The van der Waals surface area contributed by atoms with Gasteiger partial charge in [-0.3, -0.25) is 4.79 Å². The van der Waals surface area contributed by atoms with E-state index < -0.39 is 12.0 Å². The molecule has 0 saturated carbocycles. The van der Waals surface area contributed by atoms with Crippen molar-refractivity contribution in [1.82, 2.24) is 19.7 Å². The van der Waals surface area contributed by atoms with Gasteiger partial charge in [-0.1, -0.05) is 13.3 Å². The van der Waals surface area contributed by atoms with Gasteiger partial charge in [-0.15, -0.1) is 0 Å². The number of carbonyl (C=O) groups is 2. The average molecular weight is 266 g/mol. The van der Waals surface area contributed by atoms with Crippen LogP contribution in [-0.2, 0) is 16.1 Å². The second-order valence-corrected chi connectivity index (χ2v) is 4.83. The summed E-state index contributed by atoms with van der Waals surface area (Å²) in [6.45, 7) is 2.60. The molecule has 104 valence electrons. The first-order chi connectivity index (χ1) is 9.11. The highest BCUT2D eigenvalue weighted by atomic mass is 16.4. The van der Waals surface area contributed by atoms with E-state index in [1.54, 1.807) is 0 Å². The number of carbonyl (C=O) groups excluding carboxylic acids is 1. The summed E-state index contributed by atoms with van der Waals surface area (Å²) in [5.41, 5.74) is 0. The van der Waals surface area contributed by atoms with Crippen LogP contribution in [0.5, 0.6) is 0 Å². The van der Waals surface area contributed by atoms with E-state index in [-0.39, 0.29) is 12.5 Å². The Kier molecular flexibility index (Phi) is 4.13. The predicted molar refractivity (Wildman–Crippen MR) is 66.2 cm³/mol. The van der Waals surface area contributed by atoms with Crippen LogP contribution in [-0.4, -0.2) is 49.2 Å². The van der Waals surface area contributed by atoms with Crippen molar-refractivity contribution < 1.29 is 14.7 Å². The van der Waals surface area contributed by atoms with Gasteiger partial charge >= 0.3 is 5.97 Å². The smallest absolute Gasteiger partial charge is 0.326 e. The van der Waals surface area contributed by atoms with E-state index in [4.69, 9.17) is 0 Å². The standard InChI is InChI=1S/C12H18N4O3/c1-2-9-3-4-16(10(5-9)12(18)19)11(17)6-15-8-13-7-14-15/h7-10H,2-6H2,1H3,(H,18,19). The van der Waals surface area contributed by atoms with Crippen molar-refractivity contribution in [2.24, 2.45) is 5.92 Å². The minimum absolute atomic E-state index is 0.0422. The Hall–Kier alpha value is -1.92. The summed E-state index contributed by atoms with van der Waals surface area (Å²) < 4.78 is 1.41. The zero-order chi connectivity index (χ0) is 13.8. The number of hydrogen-bond donors (Lipinski definition) is 1. The summed E-state index contributed by atoms with van der Waals surface area (Å²) in [4.78, 5) is 28.7. The largest absolute Gasteiger partial charge is 0.480 e. The first kappa shape index (κ1) is 13.5. The fraction of sp³-hybridized carbons (Fsp3) is 0.667. The Balaban J connectivity index is 2.04. The third kappa shape index (κ3) is 3.10. The topological polar surface area (TPSA) is 88.3 Å². The first-order valence-corrected chi connectivity index (χ1v) is 6.46. The highest BCUT2D eigenvalue weighted by molar-refractivity contribution is 5.83. The first-order valence-electron chi connectivity index (χ1n) is 6.46. The number of likely N-dealkylation sites (tertiary alicyclic amines) is 1. The van der Waals surface area contributed by atoms with Crippen molar-refractivity contribution in [3.05, 3.63) is 12.7 Å². The molecule has 1 fully saturated rings. The average Bonchev–Trinajstić information content (AvgIpc) is 2.90. The minimum atomic E-state index is -0.926. The number of carboxylic acids is 1. The molecule has 19 heavy (non-hydrogen) atoms. The summed E-state index contributed by atoms with van der Waals surface area (Å²) in [6.07, 6.45) is 5.16. The van der Waals surface area contributed by atoms with Gasteiger partial charge in [0.2, 0.25) is 5.91 Å². The third-order valence-corrected chi connectivity index (χ3v) is 3.66. The predicted octanol–water partition coefficient (Wildman–Crippen LogP) is 0.380. The molecule has 2 rings (SSSR count). The van der Waals surface area contributed by atoms with E-state index in [0.29, 0.717) is 18.9 Å². The van der Waals surface area contributed by atoms with Crippen molar-refractivity contribution >= 4 is 11.9 Å². The van der Waals surface area contributed by atoms with Crippen LogP contribution in [0.3, 0.4) is 0 Å². The lowest BCUT2D eigenvalue weighted by Gasteiger charge is -2.36. The Morgan fingerprint density at radius 3 is 2.84 bits per heavy atom. The Labute approximate surface area is 111 Å². The number of piperidine rings is 1. The number of hydrogen-bond acceptors (Lipinski definition) is 4. The monoisotopic (exact) mass is 266 g/mol. The molecule has 7 heteroatoms. The van der Waals surface area contributed by atoms with Crippen LogP contribution in [0.15, 0.2) is 12.7 Å². The van der Waals surface area contributed by atoms with Crippen molar-refractivity contribution in [3.8, 4) is 0 Å². The van der Waals surface area contributed by atoms with Gasteiger partial charge < -0.3 is 10.0 Å². The molecule has 1 saturated heterocycles. The Morgan fingerprint density at radius 1 is 1.47 bits per heavy atom. The van der Waals surface area contributed by atoms with Gasteiger partial charge in [0.1, 0.15) is 25.2 Å². The van der Waals surface area contributed by atoms with E-state index in [9.17, 15) is 14.7 Å². The van der Waals surface area contributed by atoms with Crippen molar-refractivity contribution in [2.75, 3.05) is 6.54 Å². The van der Waals surface area contributed by atoms with Crippen LogP contribution in [0.2, 0.25) is 0 Å². The van der Waals surface area contributed by atoms with Gasteiger partial charge in [-0.2, -0.15) is 5.10 Å². The van der Waals surface area contributed by atoms with Crippen molar-refractivity contribution in [1.29, 1.82) is 0 Å². The molecule has 1 N–H and O–H groups in total. The van der Waals surface area contributed by atoms with Crippen LogP contribution < -0.4 is 0 Å². The lowest BCUT2D eigenvalue weighted by Crippen LogP contribution is -2.51. The van der Waals surface area contributed by atoms with E-state index in [2.05, 4.69) is 17.0 Å². The maximum atomic E-state index is 12.1. The van der Waals surface area contributed by atoms with E-state index in [1.807, 2.05) is 0 Å². The number of rotatable bonds is 4. The molecule has 2 heterocycles. The number of aromatic nitrogens is 3. The van der Waals surface area contributed by atoms with Crippen LogP contribution in [0, 0.1) is 5.92 Å². The second-order valence-electron chi connectivity index (χ2n) is 4.83. The fourth-order valence-corrected chi connectivity index (χ4v) is 2.49. The highest BCUT2D eigenvalue weighted by Crippen LogP contribution is 2.25. The molecule has 2 atom stereocenters. The highest BCUT2D eigenvalue weighted by Gasteiger charge is 2.35. The fourth-order valence-electron chi connectivity index (χ4n) is 2.49. The summed E-state index contributed by atoms with van der Waals surface area (Å²) in [5, 5.41) is 13.1. The summed E-state index contributed by atoms with van der Waals surface area (Å²) in [6, 6.07) is -0.713. The molecule has 7 nitrogen and oxygen atoms in total. The zero-order valence-electron chi connectivity index (χ0n) is 10.9. The van der Waals surface area contributed by atoms with Crippen molar-refractivity contribution in [2.45, 2.75) is 38.8 Å². The summed E-state index contributed by atoms with van der Waals surface area (Å²) in [5.74, 6) is -0.755. The molecule has 1 aliphatic heterocycles. The normalized spacial score (nSPS) is 23.3. The Bertz CT molecular complexity index is 446. The lowest BCUT2D eigenvalue weighted by atomic mass is 9.89. The van der Waals surface area contributed by atoms with Crippen LogP contribution in [0.25, 0.3) is 0 Å². The molecule has 0 bridgehead atoms. The van der Waals surface area contributed by atoms with Gasteiger partial charge in [0.25, 0.3) is 0 Å². The van der Waals surface area contributed by atoms with Gasteiger partial charge in [0.05, 0.1) is 0 Å². The SMILES string of the molecule is CCC1CCN(C(=O)Cn2cncn2)C(C(=O)O)C1. The van der Waals surface area contributed by atoms with Crippen LogP contribution >= 0.6 is 0 Å². The van der Waals surface area contributed by atoms with Crippen LogP contribution in [0.4, 0.5) is 0 Å². The number of aliphatic carboxylic acids is 1. The molecular weight excluding hydrogens is 248 g/mol. The zero-order valence-corrected chi connectivity index (χ0v) is 10.9. The lowest BCUT2D eigenvalue weighted by molar-refractivity contribution is -0.153. The minimum Gasteiger partial charge on any atom is -0.480 e. The molecule has 0 aliphatic carbocycles. The molecule has 1 amide bonds. The summed E-state index contributed by atoms with van der Waals surface area (Å²) in [7, 11) is 0. The van der Waals surface area contributed by atoms with E-state index in [0.717, 1.165) is 12.8 Å². The van der Waals surface area contributed by atoms with Gasteiger partial charge in [-0.05, 0) is 18.8 Å². The van der Waals surface area contributed by atoms with Crippen LogP contribution in [0.1, 0.15) is 26.2 Å². The number of carboxylic acid groups (broad SMARTS) is 1. The molecular formula is C12H18N4O3. The van der Waals surface area contributed by atoms with E-state index in [1.165, 1.54) is 22.2 Å². The van der Waals surface area contributed by atoms with E-state index >= 15 is 0 Å². The van der Waals surface area contributed by atoms with Crippen molar-refractivity contribution in [3.63, 3.8) is 0 Å². The number of amides is 1. The Morgan fingerprint density at radius 2 is 2.26 bits per heavy atom. The maximum Gasteiger partial charge on any atom is 0.326 e. The van der Waals surface area contributed by atoms with Gasteiger partial charge in [-0.25, -0.2) is 14.5 Å². The molecule has 1 aliphatic rings.